The minimum Gasteiger partial charge on any atom is -0.460 e. The van der Waals surface area contributed by atoms with Crippen LogP contribution >= 0.6 is 11.3 Å². The maximum Gasteiger partial charge on any atom is 0.423 e. The fraction of sp³-hybridized carbons (Fsp3) is 0.286. The van der Waals surface area contributed by atoms with Crippen molar-refractivity contribution in [2.45, 2.75) is 25.0 Å². The van der Waals surface area contributed by atoms with Crippen LogP contribution < -0.4 is 10.5 Å². The second-order valence-electron chi connectivity index (χ2n) is 7.80. The molecule has 2 aliphatic heterocycles. The maximum atomic E-state index is 11.0. The average Bonchev–Trinajstić information content (AvgIpc) is 3.49. The molecule has 1 aromatic carbocycles. The summed E-state index contributed by atoms with van der Waals surface area (Å²) in [6.07, 6.45) is 1.93. The number of pyridine rings is 1. The quantitative estimate of drug-likeness (QED) is 0.506. The first-order valence-corrected chi connectivity index (χ1v) is 10.8. The number of hydrogen-bond acceptors (Lipinski definition) is 9. The molecule has 2 saturated heterocycles. The third kappa shape index (κ3) is 3.48. The van der Waals surface area contributed by atoms with Gasteiger partial charge in [-0.25, -0.2) is 9.78 Å². The summed E-state index contributed by atoms with van der Waals surface area (Å²) in [5.74, 6) is 1.60. The average molecular weight is 437 g/mol. The number of primary amides is 1. The van der Waals surface area contributed by atoms with Gasteiger partial charge in [0.2, 0.25) is 0 Å². The number of nitrogens with zero attached hydrogens (tertiary/aromatic N) is 4. The Balaban J connectivity index is 1.16. The Morgan fingerprint density at radius 3 is 3.00 bits per heavy atom. The zero-order valence-corrected chi connectivity index (χ0v) is 17.2. The molecule has 158 valence electrons. The highest BCUT2D eigenvalue weighted by molar-refractivity contribution is 7.20. The molecule has 2 N–H and O–H groups in total. The molecule has 0 radical (unpaired) electrons. The van der Waals surface area contributed by atoms with Crippen molar-refractivity contribution in [3.8, 4) is 10.9 Å². The molecule has 2 atom stereocenters. The normalized spacial score (nSPS) is 21.3. The number of hydroxylamine groups is 2. The minimum absolute atomic E-state index is 0.185. The van der Waals surface area contributed by atoms with Gasteiger partial charge in [-0.1, -0.05) is 11.3 Å². The van der Waals surface area contributed by atoms with E-state index in [4.69, 9.17) is 19.7 Å². The first-order valence-electron chi connectivity index (χ1n) is 10.0. The van der Waals surface area contributed by atoms with Crippen molar-refractivity contribution < 1.29 is 18.8 Å². The lowest BCUT2D eigenvalue weighted by Crippen LogP contribution is -2.47. The summed E-state index contributed by atoms with van der Waals surface area (Å²) in [6, 6.07) is 12.2. The third-order valence-electron chi connectivity index (χ3n) is 5.76. The van der Waals surface area contributed by atoms with Gasteiger partial charge in [0.15, 0.2) is 5.65 Å². The molecule has 5 heterocycles. The number of carbonyl (C=O) groups is 1. The number of fused-ring (bicyclic) bond motifs is 4. The van der Waals surface area contributed by atoms with Crippen LogP contribution in [0.1, 0.15) is 12.2 Å². The molecular weight excluding hydrogens is 418 g/mol. The fourth-order valence-corrected chi connectivity index (χ4v) is 5.24. The van der Waals surface area contributed by atoms with E-state index in [0.29, 0.717) is 35.7 Å². The summed E-state index contributed by atoms with van der Waals surface area (Å²) in [5, 5.41) is 3.24. The highest BCUT2D eigenvalue weighted by Crippen LogP contribution is 2.35. The zero-order valence-electron chi connectivity index (χ0n) is 16.4. The molecule has 4 aromatic rings. The summed E-state index contributed by atoms with van der Waals surface area (Å²) < 4.78 is 13.0. The lowest BCUT2D eigenvalue weighted by atomic mass is 10.2. The number of aromatic nitrogens is 2. The van der Waals surface area contributed by atoms with Gasteiger partial charge in [0.25, 0.3) is 5.19 Å². The van der Waals surface area contributed by atoms with Gasteiger partial charge in [-0.3, -0.25) is 4.90 Å². The van der Waals surface area contributed by atoms with Crippen LogP contribution in [-0.2, 0) is 11.4 Å². The van der Waals surface area contributed by atoms with Gasteiger partial charge >= 0.3 is 6.09 Å². The molecule has 3 aromatic heterocycles. The van der Waals surface area contributed by atoms with Crippen molar-refractivity contribution >= 4 is 38.7 Å². The number of ether oxygens (including phenoxy) is 1. The molecule has 0 spiro atoms. The van der Waals surface area contributed by atoms with Gasteiger partial charge in [-0.05, 0) is 42.8 Å². The number of carbonyl (C=O) groups excluding carboxylic acids is 1. The van der Waals surface area contributed by atoms with Gasteiger partial charge < -0.3 is 19.7 Å². The molecule has 2 bridgehead atoms. The number of piperazine rings is 1. The van der Waals surface area contributed by atoms with Crippen LogP contribution in [0.4, 0.5) is 4.79 Å². The van der Waals surface area contributed by atoms with Crippen molar-refractivity contribution in [1.82, 2.24) is 19.9 Å². The first kappa shape index (κ1) is 18.6. The number of furan rings is 1. The predicted molar refractivity (Wildman–Crippen MR) is 114 cm³/mol. The highest BCUT2D eigenvalue weighted by atomic mass is 32.1. The number of hydrogen-bond donors (Lipinski definition) is 1. The van der Waals surface area contributed by atoms with E-state index < -0.39 is 6.09 Å². The number of rotatable bonds is 5. The van der Waals surface area contributed by atoms with Crippen LogP contribution in [0.15, 0.2) is 47.0 Å². The number of nitrogens with two attached hydrogens (primary N) is 1. The summed E-state index contributed by atoms with van der Waals surface area (Å²) >= 11 is 1.47. The number of amides is 1. The van der Waals surface area contributed by atoms with Gasteiger partial charge in [0.05, 0.1) is 23.8 Å². The largest absolute Gasteiger partial charge is 0.460 e. The SMILES string of the molecule is NC(=O)ON1C[C@@H]2C[C@H]1CN2Cc1cc2cc(Oc3nc4ncccc4s3)ccc2o1. The van der Waals surface area contributed by atoms with E-state index in [2.05, 4.69) is 14.9 Å². The van der Waals surface area contributed by atoms with E-state index in [1.807, 2.05) is 36.4 Å². The minimum atomic E-state index is -0.753. The molecule has 0 saturated carbocycles. The molecule has 1 amide bonds. The third-order valence-corrected chi connectivity index (χ3v) is 6.65. The lowest BCUT2D eigenvalue weighted by molar-refractivity contribution is -0.128. The van der Waals surface area contributed by atoms with E-state index in [0.717, 1.165) is 34.4 Å². The summed E-state index contributed by atoms with van der Waals surface area (Å²) in [4.78, 5) is 27.1. The summed E-state index contributed by atoms with van der Waals surface area (Å²) in [5.41, 5.74) is 6.64. The van der Waals surface area contributed by atoms with Gasteiger partial charge in [-0.2, -0.15) is 4.98 Å². The maximum absolute atomic E-state index is 11.0. The Morgan fingerprint density at radius 1 is 1.26 bits per heavy atom. The van der Waals surface area contributed by atoms with Crippen LogP contribution in [0.5, 0.6) is 10.9 Å². The Kier molecular flexibility index (Phi) is 4.30. The zero-order chi connectivity index (χ0) is 20.9. The highest BCUT2D eigenvalue weighted by Gasteiger charge is 2.45. The van der Waals surface area contributed by atoms with Gasteiger partial charge in [0.1, 0.15) is 17.1 Å². The van der Waals surface area contributed by atoms with Crippen molar-refractivity contribution in [2.24, 2.45) is 5.73 Å². The van der Waals surface area contributed by atoms with E-state index in [1.165, 1.54) is 11.3 Å². The first-order chi connectivity index (χ1) is 15.1. The topological polar surface area (TPSA) is 107 Å². The monoisotopic (exact) mass is 437 g/mol. The Bertz CT molecular complexity index is 1250. The number of thiazole rings is 1. The van der Waals surface area contributed by atoms with E-state index >= 15 is 0 Å². The molecule has 0 unspecified atom stereocenters. The van der Waals surface area contributed by atoms with Crippen LogP contribution in [-0.4, -0.2) is 51.2 Å². The van der Waals surface area contributed by atoms with Crippen LogP contribution in [0.3, 0.4) is 0 Å². The number of benzene rings is 1. The molecule has 9 nitrogen and oxygen atoms in total. The Labute approximate surface area is 180 Å². The van der Waals surface area contributed by atoms with Crippen molar-refractivity contribution in [2.75, 3.05) is 13.1 Å². The fourth-order valence-electron chi connectivity index (χ4n) is 4.45. The Hall–Kier alpha value is -3.21. The van der Waals surface area contributed by atoms with Crippen molar-refractivity contribution in [3.05, 3.63) is 48.4 Å². The van der Waals surface area contributed by atoms with Crippen LogP contribution in [0.2, 0.25) is 0 Å². The lowest BCUT2D eigenvalue weighted by Gasteiger charge is -2.31. The molecule has 6 rings (SSSR count). The second kappa shape index (κ2) is 7.19. The van der Waals surface area contributed by atoms with Gasteiger partial charge in [-0.15, -0.1) is 5.06 Å². The number of likely N-dealkylation sites (tertiary alicyclic amines) is 1. The van der Waals surface area contributed by atoms with Crippen molar-refractivity contribution in [1.29, 1.82) is 0 Å². The van der Waals surface area contributed by atoms with E-state index in [-0.39, 0.29) is 6.04 Å². The molecule has 10 heteroatoms. The van der Waals surface area contributed by atoms with E-state index in [9.17, 15) is 4.79 Å². The molecule has 2 aliphatic rings. The van der Waals surface area contributed by atoms with Crippen LogP contribution in [0, 0.1) is 0 Å². The predicted octanol–water partition coefficient (Wildman–Crippen LogP) is 3.50. The second-order valence-corrected chi connectivity index (χ2v) is 8.80. The van der Waals surface area contributed by atoms with Crippen molar-refractivity contribution in [3.63, 3.8) is 0 Å². The van der Waals surface area contributed by atoms with Crippen LogP contribution in [0.25, 0.3) is 21.3 Å². The smallest absolute Gasteiger partial charge is 0.423 e. The molecule has 0 aliphatic carbocycles. The molecule has 2 fully saturated rings. The standard InChI is InChI=1S/C21H19N5O4S/c22-20(27)30-26-10-13-8-14(26)9-25(13)11-16-7-12-6-15(3-4-17(12)28-16)29-21-24-19-18(31-21)2-1-5-23-19/h1-7,13-14H,8-11H2,(H2,22,27)/t13-,14-/m0/s1. The molecule has 31 heavy (non-hydrogen) atoms. The Morgan fingerprint density at radius 2 is 2.19 bits per heavy atom. The van der Waals surface area contributed by atoms with Gasteiger partial charge in [0, 0.05) is 24.2 Å². The summed E-state index contributed by atoms with van der Waals surface area (Å²) in [7, 11) is 0. The summed E-state index contributed by atoms with van der Waals surface area (Å²) in [6.45, 7) is 2.19. The molecular formula is C21H19N5O4S. The van der Waals surface area contributed by atoms with E-state index in [1.54, 1.807) is 11.3 Å².